The van der Waals surface area contributed by atoms with Crippen LogP contribution in [0.3, 0.4) is 0 Å². The first-order chi connectivity index (χ1) is 5.54. The Bertz CT molecular complexity index is 111. The monoisotopic (exact) mass is 300 g/mol. The molecule has 0 aromatic carbocycles. The molecule has 0 saturated heterocycles. The highest BCUT2D eigenvalue weighted by molar-refractivity contribution is 9.09. The van der Waals surface area contributed by atoms with Crippen LogP contribution in [0.4, 0.5) is 0 Å². The molecule has 12 heavy (non-hydrogen) atoms. The molecule has 0 bridgehead atoms. The second-order valence-corrected chi connectivity index (χ2v) is 4.87. The van der Waals surface area contributed by atoms with E-state index in [0.717, 1.165) is 23.7 Å². The molecule has 0 aromatic heterocycles. The molecular weight excluding hydrogens is 284 g/mol. The zero-order chi connectivity index (χ0) is 9.61. The molecule has 0 radical (unpaired) electrons. The molecule has 0 unspecified atom stereocenters. The van der Waals surface area contributed by atoms with Gasteiger partial charge in [0.2, 0.25) is 0 Å². The van der Waals surface area contributed by atoms with Crippen LogP contribution in [0.15, 0.2) is 0 Å². The van der Waals surface area contributed by atoms with Gasteiger partial charge >= 0.3 is 0 Å². The Hall–Kier alpha value is 0.920. The normalized spacial score (nSPS) is 12.5. The Labute approximate surface area is 92.5 Å². The van der Waals surface area contributed by atoms with Crippen LogP contribution in [0, 0.1) is 5.41 Å². The molecule has 0 N–H and O–H groups in total. The van der Waals surface area contributed by atoms with Gasteiger partial charge in [-0.3, -0.25) is 0 Å². The third-order valence-corrected chi connectivity index (χ3v) is 4.51. The summed E-state index contributed by atoms with van der Waals surface area (Å²) in [5, 5.41) is 2.04. The van der Waals surface area contributed by atoms with Gasteiger partial charge in [0.1, 0.15) is 0 Å². The number of alkyl halides is 2. The first-order valence-electron chi connectivity index (χ1n) is 4.27. The van der Waals surface area contributed by atoms with Crippen LogP contribution in [0.25, 0.3) is 0 Å². The predicted molar refractivity (Wildman–Crippen MR) is 61.4 cm³/mol. The topological polar surface area (TPSA) is 9.23 Å². The van der Waals surface area contributed by atoms with Gasteiger partial charge in [-0.1, -0.05) is 38.8 Å². The molecule has 0 aliphatic carbocycles. The number of halogens is 2. The van der Waals surface area contributed by atoms with Crippen LogP contribution < -0.4 is 0 Å². The van der Waals surface area contributed by atoms with E-state index in [1.807, 2.05) is 0 Å². The third-order valence-electron chi connectivity index (χ3n) is 1.80. The summed E-state index contributed by atoms with van der Waals surface area (Å²) in [4.78, 5) is 0. The largest absolute Gasteiger partial charge is 0.379 e. The molecule has 74 valence electrons. The van der Waals surface area contributed by atoms with Crippen molar-refractivity contribution in [2.24, 2.45) is 5.41 Å². The zero-order valence-corrected chi connectivity index (χ0v) is 11.2. The highest BCUT2D eigenvalue weighted by atomic mass is 79.9. The minimum absolute atomic E-state index is 0.328. The maximum absolute atomic E-state index is 5.50. The summed E-state index contributed by atoms with van der Waals surface area (Å²) in [5.41, 5.74) is 0.328. The predicted octanol–water partition coefficient (Wildman–Crippen LogP) is 3.60. The van der Waals surface area contributed by atoms with E-state index in [4.69, 9.17) is 4.74 Å². The second-order valence-electron chi connectivity index (χ2n) is 3.75. The van der Waals surface area contributed by atoms with Gasteiger partial charge in [-0.15, -0.1) is 0 Å². The molecule has 1 nitrogen and oxygen atoms in total. The van der Waals surface area contributed by atoms with E-state index < -0.39 is 0 Å². The Morgan fingerprint density at radius 2 is 1.75 bits per heavy atom. The van der Waals surface area contributed by atoms with Crippen LogP contribution in [-0.2, 0) is 4.74 Å². The fourth-order valence-corrected chi connectivity index (χ4v) is 2.20. The van der Waals surface area contributed by atoms with Crippen molar-refractivity contribution in [3.05, 3.63) is 0 Å². The van der Waals surface area contributed by atoms with Crippen LogP contribution in [-0.4, -0.2) is 23.4 Å². The quantitative estimate of drug-likeness (QED) is 0.681. The maximum Gasteiger partial charge on any atom is 0.0518 e. The number of rotatable bonds is 6. The van der Waals surface area contributed by atoms with E-state index in [9.17, 15) is 0 Å². The fourth-order valence-electron chi connectivity index (χ4n) is 0.710. The first-order valence-corrected chi connectivity index (χ1v) is 6.52. The molecular formula is C9H18Br2O. The third kappa shape index (κ3) is 5.55. The van der Waals surface area contributed by atoms with Crippen LogP contribution in [0.5, 0.6) is 0 Å². The van der Waals surface area contributed by atoms with Gasteiger partial charge in [0.15, 0.2) is 0 Å². The molecule has 0 rings (SSSR count). The van der Waals surface area contributed by atoms with E-state index in [-0.39, 0.29) is 0 Å². The van der Waals surface area contributed by atoms with Gasteiger partial charge in [-0.2, -0.15) is 0 Å². The van der Waals surface area contributed by atoms with E-state index in [1.54, 1.807) is 0 Å². The Morgan fingerprint density at radius 3 is 2.08 bits per heavy atom. The van der Waals surface area contributed by atoms with Crippen molar-refractivity contribution >= 4 is 31.9 Å². The SMILES string of the molecule is CC(C)OCCC(C)(CBr)CBr. The van der Waals surface area contributed by atoms with Crippen LogP contribution in [0.1, 0.15) is 27.2 Å². The molecule has 0 heterocycles. The minimum Gasteiger partial charge on any atom is -0.379 e. The van der Waals surface area contributed by atoms with Gasteiger partial charge in [0, 0.05) is 17.3 Å². The average Bonchev–Trinajstić information content (AvgIpc) is 2.03. The lowest BCUT2D eigenvalue weighted by Crippen LogP contribution is -2.23. The molecule has 3 heteroatoms. The molecule has 0 amide bonds. The summed E-state index contributed by atoms with van der Waals surface area (Å²) in [6.45, 7) is 7.24. The van der Waals surface area contributed by atoms with Gasteiger partial charge in [-0.05, 0) is 25.7 Å². The highest BCUT2D eigenvalue weighted by Gasteiger charge is 2.20. The molecule has 0 atom stereocenters. The Morgan fingerprint density at radius 1 is 1.25 bits per heavy atom. The van der Waals surface area contributed by atoms with Crippen molar-refractivity contribution in [1.29, 1.82) is 0 Å². The first kappa shape index (κ1) is 12.9. The van der Waals surface area contributed by atoms with E-state index in [2.05, 4.69) is 52.6 Å². The smallest absolute Gasteiger partial charge is 0.0518 e. The van der Waals surface area contributed by atoms with Gasteiger partial charge in [-0.25, -0.2) is 0 Å². The maximum atomic E-state index is 5.50. The van der Waals surface area contributed by atoms with Crippen molar-refractivity contribution in [3.8, 4) is 0 Å². The number of hydrogen-bond acceptors (Lipinski definition) is 1. The standard InChI is InChI=1S/C9H18Br2O/c1-8(2)12-5-4-9(3,6-10)7-11/h8H,4-7H2,1-3H3. The van der Waals surface area contributed by atoms with Crippen molar-refractivity contribution < 1.29 is 4.74 Å². The molecule has 0 fully saturated rings. The Balaban J connectivity index is 3.58. The molecule has 0 saturated carbocycles. The molecule has 0 aliphatic heterocycles. The lowest BCUT2D eigenvalue weighted by Gasteiger charge is -2.24. The summed E-state index contributed by atoms with van der Waals surface area (Å²) in [5.74, 6) is 0. The van der Waals surface area contributed by atoms with Crippen LogP contribution in [0.2, 0.25) is 0 Å². The van der Waals surface area contributed by atoms with Gasteiger partial charge < -0.3 is 4.74 Å². The second kappa shape index (κ2) is 6.39. The van der Waals surface area contributed by atoms with E-state index in [0.29, 0.717) is 11.5 Å². The molecule has 0 spiro atoms. The lowest BCUT2D eigenvalue weighted by molar-refractivity contribution is 0.0620. The number of ether oxygens (including phenoxy) is 1. The number of hydrogen-bond donors (Lipinski definition) is 0. The fraction of sp³-hybridized carbons (Fsp3) is 1.00. The summed E-state index contributed by atoms with van der Waals surface area (Å²) in [7, 11) is 0. The average molecular weight is 302 g/mol. The molecule has 0 aromatic rings. The van der Waals surface area contributed by atoms with Crippen molar-refractivity contribution in [3.63, 3.8) is 0 Å². The van der Waals surface area contributed by atoms with E-state index >= 15 is 0 Å². The molecule has 0 aliphatic rings. The highest BCUT2D eigenvalue weighted by Crippen LogP contribution is 2.26. The zero-order valence-electron chi connectivity index (χ0n) is 8.07. The summed E-state index contributed by atoms with van der Waals surface area (Å²) in [6, 6.07) is 0. The van der Waals surface area contributed by atoms with E-state index in [1.165, 1.54) is 0 Å². The van der Waals surface area contributed by atoms with Crippen molar-refractivity contribution in [2.75, 3.05) is 17.3 Å². The van der Waals surface area contributed by atoms with Gasteiger partial charge in [0.25, 0.3) is 0 Å². The summed E-state index contributed by atoms with van der Waals surface area (Å²) in [6.07, 6.45) is 1.45. The summed E-state index contributed by atoms with van der Waals surface area (Å²) >= 11 is 7.03. The Kier molecular flexibility index (Phi) is 6.87. The summed E-state index contributed by atoms with van der Waals surface area (Å²) < 4.78 is 5.50. The van der Waals surface area contributed by atoms with Gasteiger partial charge in [0.05, 0.1) is 6.10 Å². The lowest BCUT2D eigenvalue weighted by atomic mass is 9.93. The van der Waals surface area contributed by atoms with Crippen molar-refractivity contribution in [2.45, 2.75) is 33.3 Å². The minimum atomic E-state index is 0.328. The van der Waals surface area contributed by atoms with Crippen molar-refractivity contribution in [1.82, 2.24) is 0 Å². The van der Waals surface area contributed by atoms with Crippen LogP contribution >= 0.6 is 31.9 Å².